The van der Waals surface area contributed by atoms with Crippen LogP contribution in [0.2, 0.25) is 0 Å². The van der Waals surface area contributed by atoms with Crippen LogP contribution in [0, 0.1) is 5.82 Å². The van der Waals surface area contributed by atoms with Crippen molar-refractivity contribution in [1.82, 2.24) is 15.3 Å². The van der Waals surface area contributed by atoms with Gasteiger partial charge in [-0.25, -0.2) is 9.37 Å². The summed E-state index contributed by atoms with van der Waals surface area (Å²) in [5.74, 6) is -0.207. The van der Waals surface area contributed by atoms with Crippen molar-refractivity contribution in [3.8, 4) is 0 Å². The first kappa shape index (κ1) is 12.5. The molecule has 3 heterocycles. The molecule has 2 aromatic heterocycles. The van der Waals surface area contributed by atoms with Crippen molar-refractivity contribution in [3.63, 3.8) is 0 Å². The summed E-state index contributed by atoms with van der Waals surface area (Å²) in [6, 6.07) is 11.2. The van der Waals surface area contributed by atoms with Crippen molar-refractivity contribution in [1.29, 1.82) is 0 Å². The summed E-state index contributed by atoms with van der Waals surface area (Å²) in [5.41, 5.74) is 4.45. The summed E-state index contributed by atoms with van der Waals surface area (Å²) < 4.78 is 13.2. The molecule has 4 heteroatoms. The third-order valence-electron chi connectivity index (χ3n) is 4.16. The molecule has 0 amide bonds. The minimum atomic E-state index is -0.207. The van der Waals surface area contributed by atoms with Gasteiger partial charge in [-0.05, 0) is 48.7 Å². The summed E-state index contributed by atoms with van der Waals surface area (Å²) in [4.78, 5) is 7.84. The van der Waals surface area contributed by atoms with Crippen LogP contribution in [0.4, 0.5) is 4.39 Å². The van der Waals surface area contributed by atoms with Gasteiger partial charge in [-0.3, -0.25) is 0 Å². The van der Waals surface area contributed by atoms with Gasteiger partial charge in [-0.15, -0.1) is 0 Å². The highest BCUT2D eigenvalue weighted by Crippen LogP contribution is 2.34. The largest absolute Gasteiger partial charge is 0.341 e. The van der Waals surface area contributed by atoms with Gasteiger partial charge in [0.2, 0.25) is 0 Å². The average Bonchev–Trinajstić information content (AvgIpc) is 2.86. The van der Waals surface area contributed by atoms with Crippen LogP contribution in [0.1, 0.15) is 29.8 Å². The van der Waals surface area contributed by atoms with Crippen LogP contribution in [0.15, 0.2) is 42.6 Å². The third kappa shape index (κ3) is 2.03. The monoisotopic (exact) mass is 281 g/mol. The van der Waals surface area contributed by atoms with Crippen LogP contribution in [-0.2, 0) is 6.42 Å². The molecular weight excluding hydrogens is 265 g/mol. The van der Waals surface area contributed by atoms with E-state index in [0.29, 0.717) is 6.04 Å². The predicted molar refractivity (Wildman–Crippen MR) is 80.6 cm³/mol. The van der Waals surface area contributed by atoms with E-state index in [1.807, 2.05) is 18.2 Å². The summed E-state index contributed by atoms with van der Waals surface area (Å²) in [5, 5.41) is 4.78. The lowest BCUT2D eigenvalue weighted by Gasteiger charge is -2.29. The summed E-state index contributed by atoms with van der Waals surface area (Å²) in [6.07, 6.45) is 2.77. The fourth-order valence-electron chi connectivity index (χ4n) is 3.21. The lowest BCUT2D eigenvalue weighted by atomic mass is 9.91. The maximum Gasteiger partial charge on any atom is 0.137 e. The highest BCUT2D eigenvalue weighted by molar-refractivity contribution is 5.82. The van der Waals surface area contributed by atoms with E-state index in [-0.39, 0.29) is 11.9 Å². The van der Waals surface area contributed by atoms with Gasteiger partial charge in [0.1, 0.15) is 11.5 Å². The van der Waals surface area contributed by atoms with Gasteiger partial charge in [0.15, 0.2) is 0 Å². The minimum Gasteiger partial charge on any atom is -0.341 e. The molecule has 2 atom stereocenters. The number of hydrogen-bond donors (Lipinski definition) is 2. The first-order valence-electron chi connectivity index (χ1n) is 7.19. The van der Waals surface area contributed by atoms with E-state index < -0.39 is 0 Å². The second-order valence-electron chi connectivity index (χ2n) is 5.67. The zero-order valence-corrected chi connectivity index (χ0v) is 11.7. The topological polar surface area (TPSA) is 40.7 Å². The van der Waals surface area contributed by atoms with Crippen LogP contribution in [0.5, 0.6) is 0 Å². The molecule has 0 spiro atoms. The van der Waals surface area contributed by atoms with Gasteiger partial charge in [-0.2, -0.15) is 0 Å². The van der Waals surface area contributed by atoms with Gasteiger partial charge in [0.25, 0.3) is 0 Å². The molecule has 106 valence electrons. The molecule has 0 saturated heterocycles. The lowest BCUT2D eigenvalue weighted by molar-refractivity contribution is 0.459. The molecule has 1 aromatic carbocycles. The van der Waals surface area contributed by atoms with Gasteiger partial charge in [0, 0.05) is 23.3 Å². The summed E-state index contributed by atoms with van der Waals surface area (Å²) in [7, 11) is 0. The lowest BCUT2D eigenvalue weighted by Crippen LogP contribution is -2.37. The number of H-pyrrole nitrogens is 1. The quantitative estimate of drug-likeness (QED) is 0.718. The number of halogens is 1. The second-order valence-corrected chi connectivity index (χ2v) is 5.67. The molecule has 0 radical (unpaired) electrons. The Morgan fingerprint density at radius 3 is 2.81 bits per heavy atom. The Labute approximate surface area is 122 Å². The van der Waals surface area contributed by atoms with Crippen molar-refractivity contribution in [2.24, 2.45) is 0 Å². The number of rotatable bonds is 1. The molecule has 0 bridgehead atoms. The van der Waals surface area contributed by atoms with Gasteiger partial charge >= 0.3 is 0 Å². The van der Waals surface area contributed by atoms with Crippen LogP contribution < -0.4 is 5.32 Å². The zero-order valence-electron chi connectivity index (χ0n) is 11.7. The Hall–Kier alpha value is -2.20. The Morgan fingerprint density at radius 2 is 2.00 bits per heavy atom. The van der Waals surface area contributed by atoms with Crippen LogP contribution >= 0.6 is 0 Å². The normalized spacial score (nSPS) is 21.4. The zero-order chi connectivity index (χ0) is 14.4. The Morgan fingerprint density at radius 1 is 1.19 bits per heavy atom. The Bertz CT molecular complexity index is 791. The molecule has 2 unspecified atom stereocenters. The number of hydrogen-bond acceptors (Lipinski definition) is 2. The van der Waals surface area contributed by atoms with E-state index in [4.69, 9.17) is 0 Å². The maximum atomic E-state index is 13.2. The van der Waals surface area contributed by atoms with E-state index in [0.717, 1.165) is 23.3 Å². The Balaban J connectivity index is 1.89. The number of aromatic nitrogens is 2. The van der Waals surface area contributed by atoms with Gasteiger partial charge < -0.3 is 10.3 Å². The van der Waals surface area contributed by atoms with E-state index in [1.54, 1.807) is 6.20 Å². The second kappa shape index (κ2) is 4.67. The molecular formula is C17H16FN3. The number of pyridine rings is 1. The molecule has 2 N–H and O–H groups in total. The van der Waals surface area contributed by atoms with Crippen molar-refractivity contribution in [2.45, 2.75) is 25.4 Å². The van der Waals surface area contributed by atoms with Crippen molar-refractivity contribution >= 4 is 11.0 Å². The highest BCUT2D eigenvalue weighted by Gasteiger charge is 2.28. The summed E-state index contributed by atoms with van der Waals surface area (Å²) >= 11 is 0. The SMILES string of the molecule is CC1Cc2c([nH]c3ncccc23)C(c2ccc(F)cc2)N1. The molecule has 1 aliphatic rings. The van der Waals surface area contributed by atoms with E-state index in [1.165, 1.54) is 23.1 Å². The maximum absolute atomic E-state index is 13.2. The summed E-state index contributed by atoms with van der Waals surface area (Å²) in [6.45, 7) is 2.18. The van der Waals surface area contributed by atoms with E-state index >= 15 is 0 Å². The van der Waals surface area contributed by atoms with E-state index in [2.05, 4.69) is 28.3 Å². The fourth-order valence-corrected chi connectivity index (χ4v) is 3.21. The molecule has 3 nitrogen and oxygen atoms in total. The first-order chi connectivity index (χ1) is 10.2. The number of nitrogens with zero attached hydrogens (tertiary/aromatic N) is 1. The van der Waals surface area contributed by atoms with Gasteiger partial charge in [-0.1, -0.05) is 12.1 Å². The molecule has 3 aromatic rings. The van der Waals surface area contributed by atoms with Gasteiger partial charge in [0.05, 0.1) is 6.04 Å². The van der Waals surface area contributed by atoms with Crippen LogP contribution in [-0.4, -0.2) is 16.0 Å². The molecule has 0 fully saturated rings. The van der Waals surface area contributed by atoms with Crippen LogP contribution in [0.3, 0.4) is 0 Å². The minimum absolute atomic E-state index is 0.0542. The highest BCUT2D eigenvalue weighted by atomic mass is 19.1. The van der Waals surface area contributed by atoms with E-state index in [9.17, 15) is 4.39 Å². The molecule has 0 aliphatic carbocycles. The number of aromatic amines is 1. The fraction of sp³-hybridized carbons (Fsp3) is 0.235. The molecule has 0 saturated carbocycles. The van der Waals surface area contributed by atoms with Crippen molar-refractivity contribution in [3.05, 3.63) is 65.2 Å². The number of benzene rings is 1. The number of fused-ring (bicyclic) bond motifs is 3. The van der Waals surface area contributed by atoms with Crippen LogP contribution in [0.25, 0.3) is 11.0 Å². The van der Waals surface area contributed by atoms with Crippen molar-refractivity contribution in [2.75, 3.05) is 0 Å². The van der Waals surface area contributed by atoms with Crippen molar-refractivity contribution < 1.29 is 4.39 Å². The first-order valence-corrected chi connectivity index (χ1v) is 7.19. The molecule has 21 heavy (non-hydrogen) atoms. The Kier molecular flexibility index (Phi) is 2.79. The number of nitrogens with one attached hydrogen (secondary N) is 2. The predicted octanol–water partition coefficient (Wildman–Crippen LogP) is 3.33. The smallest absolute Gasteiger partial charge is 0.137 e. The molecule has 4 rings (SSSR count). The average molecular weight is 281 g/mol. The third-order valence-corrected chi connectivity index (χ3v) is 4.16. The standard InChI is InChI=1S/C17H16FN3/c1-10-9-14-13-3-2-8-19-17(13)21-16(14)15(20-10)11-4-6-12(18)7-5-11/h2-8,10,15,20H,9H2,1H3,(H,19,21). The molecule has 1 aliphatic heterocycles.